The number of ether oxygens (including phenoxy) is 1. The second-order valence-corrected chi connectivity index (χ2v) is 7.96. The van der Waals surface area contributed by atoms with E-state index in [1.807, 2.05) is 61.5 Å². The van der Waals surface area contributed by atoms with Crippen molar-refractivity contribution in [2.75, 3.05) is 20.2 Å². The number of amides is 1. The van der Waals surface area contributed by atoms with Gasteiger partial charge in [0.05, 0.1) is 12.7 Å². The Morgan fingerprint density at radius 1 is 1.13 bits per heavy atom. The minimum absolute atomic E-state index is 0.0934. The Labute approximate surface area is 174 Å². The number of fused-ring (bicyclic) bond motifs is 2. The Kier molecular flexibility index (Phi) is 4.46. The number of piperidine rings is 1. The number of hydrogen-bond donors (Lipinski definition) is 0. The van der Waals surface area contributed by atoms with Crippen molar-refractivity contribution >= 4 is 22.5 Å². The molecule has 0 N–H and O–H groups in total. The van der Waals surface area contributed by atoms with E-state index < -0.39 is 0 Å². The van der Waals surface area contributed by atoms with Crippen LogP contribution in [0, 0.1) is 6.92 Å². The molecular weight excluding hydrogens is 378 g/mol. The predicted octanol–water partition coefficient (Wildman–Crippen LogP) is 3.56. The van der Waals surface area contributed by atoms with Crippen LogP contribution in [-0.2, 0) is 7.05 Å². The van der Waals surface area contributed by atoms with Gasteiger partial charge < -0.3 is 14.2 Å². The SMILES string of the molecule is COc1ccc2c(c1)c(C(=O)N1CCC(c3nnc4ccccn34)CC1)c(C)n2C. The van der Waals surface area contributed by atoms with Crippen LogP contribution in [0.25, 0.3) is 16.6 Å². The smallest absolute Gasteiger partial charge is 0.256 e. The average Bonchev–Trinajstić information content (AvgIpc) is 3.32. The van der Waals surface area contributed by atoms with Crippen molar-refractivity contribution in [1.29, 1.82) is 0 Å². The van der Waals surface area contributed by atoms with E-state index in [1.165, 1.54) is 0 Å². The van der Waals surface area contributed by atoms with E-state index in [4.69, 9.17) is 4.74 Å². The van der Waals surface area contributed by atoms with Gasteiger partial charge in [-0.2, -0.15) is 0 Å². The summed E-state index contributed by atoms with van der Waals surface area (Å²) >= 11 is 0. The van der Waals surface area contributed by atoms with Gasteiger partial charge in [-0.3, -0.25) is 9.20 Å². The van der Waals surface area contributed by atoms with Crippen molar-refractivity contribution in [2.24, 2.45) is 7.05 Å². The third-order valence-electron chi connectivity index (χ3n) is 6.40. The molecule has 1 aliphatic rings. The van der Waals surface area contributed by atoms with Gasteiger partial charge in [-0.25, -0.2) is 0 Å². The fraction of sp³-hybridized carbons (Fsp3) is 0.348. The maximum absolute atomic E-state index is 13.5. The molecule has 1 saturated heterocycles. The zero-order chi connectivity index (χ0) is 20.8. The first-order chi connectivity index (χ1) is 14.6. The highest BCUT2D eigenvalue weighted by atomic mass is 16.5. The van der Waals surface area contributed by atoms with E-state index in [2.05, 4.69) is 19.2 Å². The van der Waals surface area contributed by atoms with Crippen molar-refractivity contribution in [3.8, 4) is 5.75 Å². The number of methoxy groups -OCH3 is 1. The summed E-state index contributed by atoms with van der Waals surface area (Å²) in [5, 5.41) is 9.64. The van der Waals surface area contributed by atoms with Crippen molar-refractivity contribution in [1.82, 2.24) is 24.1 Å². The van der Waals surface area contributed by atoms with E-state index in [0.717, 1.165) is 52.2 Å². The molecule has 1 aliphatic heterocycles. The summed E-state index contributed by atoms with van der Waals surface area (Å²) in [6.07, 6.45) is 3.78. The van der Waals surface area contributed by atoms with Gasteiger partial charge in [0.15, 0.2) is 5.65 Å². The lowest BCUT2D eigenvalue weighted by atomic mass is 9.95. The van der Waals surface area contributed by atoms with Crippen LogP contribution in [0.1, 0.15) is 40.6 Å². The summed E-state index contributed by atoms with van der Waals surface area (Å²) < 4.78 is 9.53. The lowest BCUT2D eigenvalue weighted by Crippen LogP contribution is -2.38. The van der Waals surface area contributed by atoms with Crippen LogP contribution < -0.4 is 4.74 Å². The highest BCUT2D eigenvalue weighted by Gasteiger charge is 2.30. The molecule has 0 spiro atoms. The summed E-state index contributed by atoms with van der Waals surface area (Å²) in [5.74, 6) is 2.15. The van der Waals surface area contributed by atoms with Crippen molar-refractivity contribution in [3.05, 3.63) is 59.7 Å². The van der Waals surface area contributed by atoms with Gasteiger partial charge in [0.2, 0.25) is 0 Å². The number of nitrogens with zero attached hydrogens (tertiary/aromatic N) is 5. The first kappa shape index (κ1) is 18.7. The maximum Gasteiger partial charge on any atom is 0.256 e. The fourth-order valence-corrected chi connectivity index (χ4v) is 4.59. The summed E-state index contributed by atoms with van der Waals surface area (Å²) in [7, 11) is 3.65. The van der Waals surface area contributed by atoms with E-state index in [1.54, 1.807) is 7.11 Å². The highest BCUT2D eigenvalue weighted by Crippen LogP contribution is 2.32. The van der Waals surface area contributed by atoms with E-state index >= 15 is 0 Å². The first-order valence-corrected chi connectivity index (χ1v) is 10.3. The number of aromatic nitrogens is 4. The minimum atomic E-state index is 0.0934. The molecule has 154 valence electrons. The Balaban J connectivity index is 1.40. The van der Waals surface area contributed by atoms with Crippen LogP contribution in [0.15, 0.2) is 42.6 Å². The van der Waals surface area contributed by atoms with Crippen LogP contribution in [0.4, 0.5) is 0 Å². The summed E-state index contributed by atoms with van der Waals surface area (Å²) in [6.45, 7) is 3.44. The van der Waals surface area contributed by atoms with E-state index in [0.29, 0.717) is 19.0 Å². The normalized spacial score (nSPS) is 15.2. The maximum atomic E-state index is 13.5. The molecule has 0 saturated carbocycles. The van der Waals surface area contributed by atoms with Gasteiger partial charge in [0.25, 0.3) is 5.91 Å². The van der Waals surface area contributed by atoms with Gasteiger partial charge in [0.1, 0.15) is 11.6 Å². The summed E-state index contributed by atoms with van der Waals surface area (Å²) in [6, 6.07) is 11.8. The number of pyridine rings is 1. The quantitative estimate of drug-likeness (QED) is 0.525. The van der Waals surface area contributed by atoms with Crippen LogP contribution >= 0.6 is 0 Å². The molecule has 0 unspecified atom stereocenters. The largest absolute Gasteiger partial charge is 0.497 e. The Bertz CT molecular complexity index is 1250. The Morgan fingerprint density at radius 3 is 2.70 bits per heavy atom. The number of carbonyl (C=O) groups is 1. The predicted molar refractivity (Wildman–Crippen MR) is 115 cm³/mol. The molecule has 4 aromatic rings. The van der Waals surface area contributed by atoms with Crippen LogP contribution in [0.3, 0.4) is 0 Å². The minimum Gasteiger partial charge on any atom is -0.497 e. The third kappa shape index (κ3) is 2.84. The number of aryl methyl sites for hydroxylation is 1. The van der Waals surface area contributed by atoms with Crippen LogP contribution in [0.2, 0.25) is 0 Å². The molecule has 7 nitrogen and oxygen atoms in total. The average molecular weight is 403 g/mol. The molecule has 1 aromatic carbocycles. The van der Waals surface area contributed by atoms with Crippen molar-refractivity contribution < 1.29 is 9.53 Å². The molecule has 4 heterocycles. The number of benzene rings is 1. The first-order valence-electron chi connectivity index (χ1n) is 10.3. The molecule has 0 aliphatic carbocycles. The molecule has 30 heavy (non-hydrogen) atoms. The molecule has 0 radical (unpaired) electrons. The Morgan fingerprint density at radius 2 is 1.93 bits per heavy atom. The number of carbonyl (C=O) groups excluding carboxylic acids is 1. The van der Waals surface area contributed by atoms with Crippen molar-refractivity contribution in [2.45, 2.75) is 25.7 Å². The molecule has 1 fully saturated rings. The highest BCUT2D eigenvalue weighted by molar-refractivity contribution is 6.08. The van der Waals surface area contributed by atoms with Crippen LogP contribution in [-0.4, -0.2) is 50.2 Å². The molecule has 0 atom stereocenters. The topological polar surface area (TPSA) is 64.7 Å². The molecular formula is C23H25N5O2. The van der Waals surface area contributed by atoms with Gasteiger partial charge in [0, 0.05) is 48.8 Å². The monoisotopic (exact) mass is 403 g/mol. The van der Waals surface area contributed by atoms with Crippen molar-refractivity contribution in [3.63, 3.8) is 0 Å². The van der Waals surface area contributed by atoms with Gasteiger partial charge in [-0.05, 0) is 50.1 Å². The van der Waals surface area contributed by atoms with Gasteiger partial charge >= 0.3 is 0 Å². The number of likely N-dealkylation sites (tertiary alicyclic amines) is 1. The number of rotatable bonds is 3. The van der Waals surface area contributed by atoms with E-state index in [9.17, 15) is 4.79 Å². The summed E-state index contributed by atoms with van der Waals surface area (Å²) in [4.78, 5) is 15.5. The molecule has 3 aromatic heterocycles. The molecule has 1 amide bonds. The number of hydrogen-bond acceptors (Lipinski definition) is 4. The second kappa shape index (κ2) is 7.16. The summed E-state index contributed by atoms with van der Waals surface area (Å²) in [5.41, 5.74) is 3.67. The standard InChI is InChI=1S/C23H25N5O2/c1-15-21(18-14-17(30-3)7-8-19(18)26(15)2)23(29)27-12-9-16(10-13-27)22-25-24-20-6-4-5-11-28(20)22/h4-8,11,14,16H,9-10,12-13H2,1-3H3. The zero-order valence-electron chi connectivity index (χ0n) is 17.5. The molecule has 7 heteroatoms. The fourth-order valence-electron chi connectivity index (χ4n) is 4.59. The zero-order valence-corrected chi connectivity index (χ0v) is 17.5. The second-order valence-electron chi connectivity index (χ2n) is 7.96. The molecule has 5 rings (SSSR count). The van der Waals surface area contributed by atoms with Gasteiger partial charge in [-0.15, -0.1) is 10.2 Å². The molecule has 0 bridgehead atoms. The lowest BCUT2D eigenvalue weighted by Gasteiger charge is -2.31. The van der Waals surface area contributed by atoms with E-state index in [-0.39, 0.29) is 5.91 Å². The van der Waals surface area contributed by atoms with Crippen LogP contribution in [0.5, 0.6) is 5.75 Å². The van der Waals surface area contributed by atoms with Gasteiger partial charge in [-0.1, -0.05) is 6.07 Å². The lowest BCUT2D eigenvalue weighted by molar-refractivity contribution is 0.0712. The third-order valence-corrected chi connectivity index (χ3v) is 6.40. The Hall–Kier alpha value is -3.35.